The maximum Gasteiger partial charge on any atom is 0.262 e. The maximum absolute atomic E-state index is 11.5. The smallest absolute Gasteiger partial charge is 0.262 e. The molecule has 2 rings (SSSR count). The maximum atomic E-state index is 11.5. The summed E-state index contributed by atoms with van der Waals surface area (Å²) in [5, 5.41) is 4.87. The first kappa shape index (κ1) is 11.4. The fourth-order valence-corrected chi connectivity index (χ4v) is 1.40. The third-order valence-corrected chi connectivity index (χ3v) is 2.41. The van der Waals surface area contributed by atoms with E-state index in [2.05, 4.69) is 10.6 Å². The molecular formula is C11H13N3O3. The van der Waals surface area contributed by atoms with Crippen molar-refractivity contribution in [3.63, 3.8) is 0 Å². The van der Waals surface area contributed by atoms with Crippen LogP contribution >= 0.6 is 0 Å². The summed E-state index contributed by atoms with van der Waals surface area (Å²) in [6, 6.07) is 8.93. The fraction of sp³-hybridized carbons (Fsp3) is 0.273. The van der Waals surface area contributed by atoms with Crippen LogP contribution in [0, 0.1) is 0 Å². The van der Waals surface area contributed by atoms with Gasteiger partial charge in [-0.05, 0) is 12.1 Å². The molecule has 1 atom stereocenters. The highest BCUT2D eigenvalue weighted by molar-refractivity contribution is 5.96. The molecule has 0 bridgehead atoms. The van der Waals surface area contributed by atoms with E-state index in [4.69, 9.17) is 10.5 Å². The van der Waals surface area contributed by atoms with E-state index in [1.165, 1.54) is 0 Å². The van der Waals surface area contributed by atoms with E-state index < -0.39 is 11.6 Å². The molecule has 0 spiro atoms. The van der Waals surface area contributed by atoms with Gasteiger partial charge in [0.1, 0.15) is 5.75 Å². The third-order valence-electron chi connectivity index (χ3n) is 2.41. The lowest BCUT2D eigenvalue weighted by atomic mass is 10.0. The summed E-state index contributed by atoms with van der Waals surface area (Å²) in [5.41, 5.74) is 4.34. The predicted molar refractivity (Wildman–Crippen MR) is 60.0 cm³/mol. The van der Waals surface area contributed by atoms with Crippen molar-refractivity contribution in [1.29, 1.82) is 0 Å². The van der Waals surface area contributed by atoms with Crippen LogP contribution in [0.2, 0.25) is 0 Å². The van der Waals surface area contributed by atoms with Crippen LogP contribution in [0.3, 0.4) is 0 Å². The Hall–Kier alpha value is -2.08. The van der Waals surface area contributed by atoms with E-state index in [1.807, 2.05) is 6.07 Å². The van der Waals surface area contributed by atoms with Gasteiger partial charge in [0, 0.05) is 0 Å². The van der Waals surface area contributed by atoms with Crippen molar-refractivity contribution in [2.75, 3.05) is 13.2 Å². The van der Waals surface area contributed by atoms with Crippen molar-refractivity contribution in [1.82, 2.24) is 10.6 Å². The minimum atomic E-state index is -1.28. The Morgan fingerprint density at radius 3 is 2.71 bits per heavy atom. The Morgan fingerprint density at radius 1 is 1.47 bits per heavy atom. The second-order valence-corrected chi connectivity index (χ2v) is 3.80. The Bertz CT molecular complexity index is 435. The molecule has 6 nitrogen and oxygen atoms in total. The van der Waals surface area contributed by atoms with Gasteiger partial charge >= 0.3 is 0 Å². The summed E-state index contributed by atoms with van der Waals surface area (Å²) in [4.78, 5) is 22.5. The summed E-state index contributed by atoms with van der Waals surface area (Å²) in [6.45, 7) is 0.0686. The van der Waals surface area contributed by atoms with Crippen LogP contribution in [0.1, 0.15) is 0 Å². The molecule has 17 heavy (non-hydrogen) atoms. The van der Waals surface area contributed by atoms with Gasteiger partial charge in [-0.3, -0.25) is 15.3 Å². The molecule has 0 aromatic heterocycles. The van der Waals surface area contributed by atoms with E-state index >= 15 is 0 Å². The molecule has 0 unspecified atom stereocenters. The molecule has 1 aliphatic rings. The summed E-state index contributed by atoms with van der Waals surface area (Å²) in [7, 11) is 0. The third kappa shape index (κ3) is 2.54. The van der Waals surface area contributed by atoms with Crippen molar-refractivity contribution < 1.29 is 14.3 Å². The molecular weight excluding hydrogens is 222 g/mol. The lowest BCUT2D eigenvalue weighted by Crippen LogP contribution is -2.78. The highest BCUT2D eigenvalue weighted by Crippen LogP contribution is 2.08. The zero-order chi connectivity index (χ0) is 12.3. The number of ether oxygens (including phenoxy) is 1. The topological polar surface area (TPSA) is 93.4 Å². The van der Waals surface area contributed by atoms with Gasteiger partial charge in [-0.2, -0.15) is 0 Å². The van der Waals surface area contributed by atoms with E-state index in [-0.39, 0.29) is 19.1 Å². The number of nitrogens with two attached hydrogens (primary N) is 1. The lowest BCUT2D eigenvalue weighted by Gasteiger charge is -2.37. The summed E-state index contributed by atoms with van der Waals surface area (Å²) >= 11 is 0. The highest BCUT2D eigenvalue weighted by atomic mass is 16.5. The SMILES string of the molecule is N[C@]1(NC(=O)COc2ccccc2)CNC1=O. The van der Waals surface area contributed by atoms with Gasteiger partial charge in [-0.15, -0.1) is 0 Å². The van der Waals surface area contributed by atoms with Gasteiger partial charge in [0.05, 0.1) is 6.54 Å². The van der Waals surface area contributed by atoms with Crippen molar-refractivity contribution in [3.8, 4) is 5.75 Å². The number of benzene rings is 1. The number of β-lactam (4-membered cyclic amide) rings is 1. The van der Waals surface area contributed by atoms with Crippen LogP contribution in [-0.4, -0.2) is 30.6 Å². The Kier molecular flexibility index (Phi) is 2.97. The number of nitrogens with one attached hydrogen (secondary N) is 2. The zero-order valence-corrected chi connectivity index (χ0v) is 9.10. The lowest BCUT2D eigenvalue weighted by molar-refractivity contribution is -0.140. The van der Waals surface area contributed by atoms with Crippen LogP contribution in [-0.2, 0) is 9.59 Å². The quantitative estimate of drug-likeness (QED) is 0.459. The van der Waals surface area contributed by atoms with E-state index in [0.717, 1.165) is 0 Å². The average Bonchev–Trinajstić information content (AvgIpc) is 2.36. The zero-order valence-electron chi connectivity index (χ0n) is 9.10. The number of carbonyl (C=O) groups is 2. The van der Waals surface area contributed by atoms with Gasteiger partial charge in [0.15, 0.2) is 12.3 Å². The first-order chi connectivity index (χ1) is 8.10. The molecule has 6 heteroatoms. The van der Waals surface area contributed by atoms with Gasteiger partial charge < -0.3 is 15.4 Å². The van der Waals surface area contributed by atoms with Crippen LogP contribution in [0.4, 0.5) is 0 Å². The molecule has 90 valence electrons. The molecule has 1 saturated heterocycles. The number of hydrogen-bond acceptors (Lipinski definition) is 4. The molecule has 0 saturated carbocycles. The second-order valence-electron chi connectivity index (χ2n) is 3.80. The first-order valence-corrected chi connectivity index (χ1v) is 5.16. The van der Waals surface area contributed by atoms with Gasteiger partial charge in [-0.25, -0.2) is 0 Å². The summed E-state index contributed by atoms with van der Waals surface area (Å²) < 4.78 is 5.22. The normalized spacial score (nSPS) is 22.3. The number of rotatable bonds is 4. The van der Waals surface area contributed by atoms with Crippen molar-refractivity contribution in [3.05, 3.63) is 30.3 Å². The summed E-state index contributed by atoms with van der Waals surface area (Å²) in [6.07, 6.45) is 0. The molecule has 1 aromatic carbocycles. The molecule has 4 N–H and O–H groups in total. The Labute approximate surface area is 98.1 Å². The van der Waals surface area contributed by atoms with Gasteiger partial charge in [0.2, 0.25) is 0 Å². The van der Waals surface area contributed by atoms with Crippen LogP contribution in [0.5, 0.6) is 5.75 Å². The number of hydrogen-bond donors (Lipinski definition) is 3. The largest absolute Gasteiger partial charge is 0.484 e. The average molecular weight is 235 g/mol. The molecule has 1 aromatic rings. The van der Waals surface area contributed by atoms with Crippen molar-refractivity contribution in [2.24, 2.45) is 5.73 Å². The van der Waals surface area contributed by atoms with Crippen LogP contribution in [0.25, 0.3) is 0 Å². The standard InChI is InChI=1S/C11H13N3O3/c12-11(7-13-10(11)16)14-9(15)6-17-8-4-2-1-3-5-8/h1-5H,6-7,12H2,(H,13,16)(H,14,15)/t11-/m0/s1. The monoisotopic (exact) mass is 235 g/mol. The number of amides is 2. The highest BCUT2D eigenvalue weighted by Gasteiger charge is 2.43. The number of para-hydroxylation sites is 1. The van der Waals surface area contributed by atoms with Gasteiger partial charge in [0.25, 0.3) is 11.8 Å². The van der Waals surface area contributed by atoms with Crippen LogP contribution < -0.4 is 21.1 Å². The van der Waals surface area contributed by atoms with Gasteiger partial charge in [-0.1, -0.05) is 18.2 Å². The summed E-state index contributed by atoms with van der Waals surface area (Å²) in [5.74, 6) is -0.219. The fourth-order valence-electron chi connectivity index (χ4n) is 1.40. The minimum Gasteiger partial charge on any atom is -0.484 e. The van der Waals surface area contributed by atoms with E-state index in [9.17, 15) is 9.59 Å². The number of carbonyl (C=O) groups excluding carboxylic acids is 2. The molecule has 0 aliphatic carbocycles. The second kappa shape index (κ2) is 4.42. The molecule has 1 heterocycles. The Balaban J connectivity index is 1.80. The first-order valence-electron chi connectivity index (χ1n) is 5.16. The molecule has 2 amide bonds. The molecule has 0 radical (unpaired) electrons. The Morgan fingerprint density at radius 2 is 2.18 bits per heavy atom. The molecule has 1 aliphatic heterocycles. The minimum absolute atomic E-state index is 0.170. The van der Waals surface area contributed by atoms with Crippen molar-refractivity contribution in [2.45, 2.75) is 5.66 Å². The molecule has 1 fully saturated rings. The predicted octanol–water partition coefficient (Wildman–Crippen LogP) is -1.03. The van der Waals surface area contributed by atoms with E-state index in [1.54, 1.807) is 24.3 Å². The van der Waals surface area contributed by atoms with Crippen LogP contribution in [0.15, 0.2) is 30.3 Å². The van der Waals surface area contributed by atoms with E-state index in [0.29, 0.717) is 5.75 Å². The van der Waals surface area contributed by atoms with Crippen molar-refractivity contribution >= 4 is 11.8 Å².